The Kier molecular flexibility index (Phi) is 8.26. The van der Waals surface area contributed by atoms with Crippen LogP contribution in [0.25, 0.3) is 0 Å². The molecule has 3 rings (SSSR count). The summed E-state index contributed by atoms with van der Waals surface area (Å²) >= 11 is 0. The van der Waals surface area contributed by atoms with E-state index in [9.17, 15) is 8.42 Å². The molecule has 0 amide bonds. The van der Waals surface area contributed by atoms with Gasteiger partial charge in [0.1, 0.15) is 11.5 Å². The highest BCUT2D eigenvalue weighted by atomic mass is 32.2. The normalized spacial score (nSPS) is 16.2. The topological polar surface area (TPSA) is 47.3 Å². The van der Waals surface area contributed by atoms with Gasteiger partial charge in [-0.05, 0) is 82.7 Å². The molecular weight excluding hydrogens is 432 g/mol. The van der Waals surface area contributed by atoms with E-state index in [1.54, 1.807) is 12.1 Å². The third-order valence-corrected chi connectivity index (χ3v) is 10.1. The minimum atomic E-state index is -3.45. The van der Waals surface area contributed by atoms with E-state index in [4.69, 9.17) is 4.42 Å². The van der Waals surface area contributed by atoms with Gasteiger partial charge in [0.25, 0.3) is 0 Å². The van der Waals surface area contributed by atoms with Gasteiger partial charge < -0.3 is 4.42 Å². The summed E-state index contributed by atoms with van der Waals surface area (Å²) in [5.74, 6) is 1.86. The summed E-state index contributed by atoms with van der Waals surface area (Å²) in [6.45, 7) is 11.0. The predicted octanol–water partition coefficient (Wildman–Crippen LogP) is 7.66. The molecule has 1 aliphatic carbocycles. The number of aryl methyl sites for hydroxylation is 3. The maximum atomic E-state index is 14.0. The van der Waals surface area contributed by atoms with Crippen molar-refractivity contribution in [1.29, 1.82) is 0 Å². The minimum absolute atomic E-state index is 0.430. The predicted molar refractivity (Wildman–Crippen MR) is 137 cm³/mol. The maximum Gasteiger partial charge on any atom is 0.185 e. The van der Waals surface area contributed by atoms with Crippen molar-refractivity contribution in [2.24, 2.45) is 0 Å². The fourth-order valence-electron chi connectivity index (χ4n) is 4.83. The lowest BCUT2D eigenvalue weighted by atomic mass is 9.89. The highest BCUT2D eigenvalue weighted by molar-refractivity contribution is 7.92. The first-order chi connectivity index (χ1) is 15.1. The van der Waals surface area contributed by atoms with Crippen LogP contribution in [-0.4, -0.2) is 21.7 Å². The Morgan fingerprint density at radius 3 is 2.19 bits per heavy atom. The van der Waals surface area contributed by atoms with Gasteiger partial charge in [0.2, 0.25) is 0 Å². The summed E-state index contributed by atoms with van der Waals surface area (Å²) in [5, 5.41) is -0.430. The van der Waals surface area contributed by atoms with Crippen LogP contribution < -0.4 is 0 Å². The van der Waals surface area contributed by atoms with Crippen LogP contribution in [0.3, 0.4) is 0 Å². The molecule has 0 aliphatic heterocycles. The summed E-state index contributed by atoms with van der Waals surface area (Å²) in [7, 11) is -4.95. The monoisotopic (exact) mass is 472 g/mol. The van der Waals surface area contributed by atoms with Gasteiger partial charge in [0, 0.05) is 14.5 Å². The lowest BCUT2D eigenvalue weighted by molar-refractivity contribution is 0.472. The zero-order valence-corrected chi connectivity index (χ0v) is 22.4. The number of allylic oxidation sites excluding steroid dienone is 1. The first-order valence-corrected chi connectivity index (χ1v) is 17.4. The summed E-state index contributed by atoms with van der Waals surface area (Å²) in [6, 6.07) is 12.4. The average Bonchev–Trinajstić information content (AvgIpc) is 3.15. The lowest BCUT2D eigenvalue weighted by Crippen LogP contribution is -2.31. The quantitative estimate of drug-likeness (QED) is 0.278. The second kappa shape index (κ2) is 10.6. The van der Waals surface area contributed by atoms with Gasteiger partial charge in [-0.3, -0.25) is 0 Å². The van der Waals surface area contributed by atoms with Gasteiger partial charge in [0.15, 0.2) is 9.84 Å². The number of hydrogen-bond donors (Lipinski definition) is 0. The van der Waals surface area contributed by atoms with Gasteiger partial charge in [-0.2, -0.15) is 0 Å². The first-order valence-electron chi connectivity index (χ1n) is 12.1. The second-order valence-corrected chi connectivity index (χ2v) is 18.3. The van der Waals surface area contributed by atoms with E-state index >= 15 is 0 Å². The standard InChI is InChI=1S/C27H40O3SSi/c1-21-14-18-25(19-15-21)31(28,29)27(13-9-12-24-17-16-22(2)30-24)26(20-32(3,4)5)23-10-7-6-8-11-23/h14-19,27H,6-13,20H2,1-5H3. The summed E-state index contributed by atoms with van der Waals surface area (Å²) < 4.78 is 33.8. The fourth-order valence-corrected chi connectivity index (χ4v) is 8.56. The smallest absolute Gasteiger partial charge is 0.185 e. The Morgan fingerprint density at radius 1 is 0.969 bits per heavy atom. The number of hydrogen-bond acceptors (Lipinski definition) is 3. The molecule has 1 aliphatic rings. The molecule has 1 aromatic heterocycles. The molecule has 1 heterocycles. The van der Waals surface area contributed by atoms with E-state index in [0.717, 1.165) is 48.8 Å². The second-order valence-electron chi connectivity index (χ2n) is 10.7. The minimum Gasteiger partial charge on any atom is -0.466 e. The van der Waals surface area contributed by atoms with Crippen molar-refractivity contribution < 1.29 is 12.8 Å². The van der Waals surface area contributed by atoms with Crippen LogP contribution in [0, 0.1) is 13.8 Å². The molecule has 1 saturated carbocycles. The zero-order chi connectivity index (χ0) is 23.4. The maximum absolute atomic E-state index is 14.0. The Bertz CT molecular complexity index is 1020. The lowest BCUT2D eigenvalue weighted by Gasteiger charge is -2.30. The molecule has 5 heteroatoms. The Labute approximate surface area is 196 Å². The molecule has 3 nitrogen and oxygen atoms in total. The van der Waals surface area contributed by atoms with Gasteiger partial charge in [-0.15, -0.1) is 0 Å². The number of benzene rings is 1. The summed E-state index contributed by atoms with van der Waals surface area (Å²) in [6.07, 6.45) is 8.01. The van der Waals surface area contributed by atoms with E-state index in [2.05, 4.69) is 19.6 Å². The van der Waals surface area contributed by atoms with Gasteiger partial charge in [0.05, 0.1) is 10.1 Å². The van der Waals surface area contributed by atoms with Crippen LogP contribution in [0.1, 0.15) is 62.0 Å². The number of rotatable bonds is 9. The zero-order valence-electron chi connectivity index (χ0n) is 20.5. The van der Waals surface area contributed by atoms with E-state index in [0.29, 0.717) is 11.3 Å². The molecular formula is C27H40O3SSi. The van der Waals surface area contributed by atoms with Gasteiger partial charge >= 0.3 is 0 Å². The Morgan fingerprint density at radius 2 is 1.62 bits per heavy atom. The van der Waals surface area contributed by atoms with Crippen LogP contribution in [-0.2, 0) is 16.3 Å². The molecule has 1 aromatic carbocycles. The van der Waals surface area contributed by atoms with Crippen molar-refractivity contribution in [1.82, 2.24) is 0 Å². The molecule has 32 heavy (non-hydrogen) atoms. The van der Waals surface area contributed by atoms with Crippen molar-refractivity contribution >= 4 is 17.9 Å². The average molecular weight is 473 g/mol. The Balaban J connectivity index is 1.98. The molecule has 0 radical (unpaired) electrons. The van der Waals surface area contributed by atoms with Crippen molar-refractivity contribution in [3.05, 3.63) is 64.6 Å². The first kappa shape index (κ1) is 25.0. The van der Waals surface area contributed by atoms with Crippen molar-refractivity contribution in [3.63, 3.8) is 0 Å². The molecule has 0 N–H and O–H groups in total. The highest BCUT2D eigenvalue weighted by Crippen LogP contribution is 2.37. The molecule has 1 atom stereocenters. The van der Waals surface area contributed by atoms with Crippen LogP contribution in [0.4, 0.5) is 0 Å². The molecule has 0 saturated heterocycles. The van der Waals surface area contributed by atoms with E-state index in [1.807, 2.05) is 38.1 Å². The molecule has 0 bridgehead atoms. The Hall–Kier alpha value is -1.59. The van der Waals surface area contributed by atoms with Crippen molar-refractivity contribution in [3.8, 4) is 0 Å². The molecule has 1 unspecified atom stereocenters. The highest BCUT2D eigenvalue weighted by Gasteiger charge is 2.34. The number of furan rings is 1. The van der Waals surface area contributed by atoms with E-state index in [-0.39, 0.29) is 0 Å². The van der Waals surface area contributed by atoms with Gasteiger partial charge in [-0.25, -0.2) is 8.42 Å². The van der Waals surface area contributed by atoms with Crippen LogP contribution >= 0.6 is 0 Å². The molecule has 176 valence electrons. The van der Waals surface area contributed by atoms with Gasteiger partial charge in [-0.1, -0.05) is 54.9 Å². The third kappa shape index (κ3) is 6.71. The summed E-state index contributed by atoms with van der Waals surface area (Å²) in [5.41, 5.74) is 3.77. The van der Waals surface area contributed by atoms with E-state index in [1.165, 1.54) is 30.4 Å². The van der Waals surface area contributed by atoms with E-state index < -0.39 is 23.2 Å². The third-order valence-electron chi connectivity index (χ3n) is 6.43. The largest absolute Gasteiger partial charge is 0.466 e. The van der Waals surface area contributed by atoms with Crippen molar-refractivity contribution in [2.45, 2.75) is 101 Å². The SMILES string of the molecule is Cc1ccc(S(=O)(=O)C(CCCc2ccc(C)o2)C(C[Si](C)(C)C)=C2CCCCC2)cc1. The molecule has 2 aromatic rings. The van der Waals surface area contributed by atoms with Crippen LogP contribution in [0.15, 0.2) is 56.9 Å². The van der Waals surface area contributed by atoms with Crippen molar-refractivity contribution in [2.75, 3.05) is 0 Å². The van der Waals surface area contributed by atoms with Crippen LogP contribution in [0.2, 0.25) is 25.7 Å². The fraction of sp³-hybridized carbons (Fsp3) is 0.556. The molecule has 1 fully saturated rings. The summed E-state index contributed by atoms with van der Waals surface area (Å²) in [4.78, 5) is 0.464. The number of sulfone groups is 1. The molecule has 0 spiro atoms. The van der Waals surface area contributed by atoms with Crippen LogP contribution in [0.5, 0.6) is 0 Å².